The number of hydrogen-bond donors (Lipinski definition) is 2. The van der Waals surface area contributed by atoms with Gasteiger partial charge in [0.1, 0.15) is 0 Å². The molecule has 106 valence electrons. The van der Waals surface area contributed by atoms with Gasteiger partial charge in [0.25, 0.3) is 0 Å². The predicted octanol–water partition coefficient (Wildman–Crippen LogP) is -0.0293. The normalized spacial score (nSPS) is 22.7. The molecule has 0 aromatic carbocycles. The molecule has 0 unspecified atom stereocenters. The Hall–Kier alpha value is -0.820. The molecule has 0 spiro atoms. The molecular formula is C11H24N4O2S. The Bertz CT molecular complexity index is 392. The van der Waals surface area contributed by atoms with Crippen LogP contribution < -0.4 is 11.1 Å². The van der Waals surface area contributed by atoms with Gasteiger partial charge in [0.2, 0.25) is 10.0 Å². The largest absolute Gasteiger partial charge is 0.370 e. The summed E-state index contributed by atoms with van der Waals surface area (Å²) in [6.45, 7) is 5.95. The van der Waals surface area contributed by atoms with Crippen LogP contribution in [0, 0.1) is 5.92 Å². The Morgan fingerprint density at radius 3 is 2.78 bits per heavy atom. The fraction of sp³-hybridized carbons (Fsp3) is 0.909. The molecule has 0 saturated carbocycles. The van der Waals surface area contributed by atoms with Crippen LogP contribution in [0.2, 0.25) is 0 Å². The molecule has 0 amide bonds. The van der Waals surface area contributed by atoms with Crippen LogP contribution in [-0.2, 0) is 10.0 Å². The summed E-state index contributed by atoms with van der Waals surface area (Å²) in [6, 6.07) is -0.00667. The van der Waals surface area contributed by atoms with Gasteiger partial charge >= 0.3 is 0 Å². The van der Waals surface area contributed by atoms with Gasteiger partial charge in [-0.1, -0.05) is 13.8 Å². The first-order valence-electron chi connectivity index (χ1n) is 6.31. The molecule has 1 aliphatic heterocycles. The molecule has 1 heterocycles. The van der Waals surface area contributed by atoms with Crippen LogP contribution in [-0.4, -0.2) is 50.6 Å². The number of rotatable bonds is 5. The summed E-state index contributed by atoms with van der Waals surface area (Å²) in [4.78, 5) is 4.19. The second-order valence-corrected chi connectivity index (χ2v) is 7.11. The standard InChI is InChI=1S/C11H24N4O2S/c1-9(2)7-13-11(12)14-8-10-5-4-6-15(10)18(3,16)17/h9-10H,4-8H2,1-3H3,(H3,12,13,14)/t10-/m1/s1. The molecule has 1 atom stereocenters. The zero-order valence-corrected chi connectivity index (χ0v) is 12.2. The van der Waals surface area contributed by atoms with Crippen LogP contribution in [0.15, 0.2) is 4.99 Å². The van der Waals surface area contributed by atoms with Gasteiger partial charge in [0.05, 0.1) is 6.26 Å². The van der Waals surface area contributed by atoms with E-state index in [1.54, 1.807) is 0 Å². The van der Waals surface area contributed by atoms with Crippen molar-refractivity contribution in [2.75, 3.05) is 25.9 Å². The van der Waals surface area contributed by atoms with Gasteiger partial charge in [-0.25, -0.2) is 8.42 Å². The summed E-state index contributed by atoms with van der Waals surface area (Å²) in [5.41, 5.74) is 5.73. The molecule has 1 rings (SSSR count). The quantitative estimate of drug-likeness (QED) is 0.545. The molecule has 6 nitrogen and oxygen atoms in total. The first-order valence-corrected chi connectivity index (χ1v) is 8.16. The van der Waals surface area contributed by atoms with E-state index in [2.05, 4.69) is 24.2 Å². The van der Waals surface area contributed by atoms with Crippen molar-refractivity contribution in [3.63, 3.8) is 0 Å². The Morgan fingerprint density at radius 1 is 1.56 bits per heavy atom. The van der Waals surface area contributed by atoms with Crippen LogP contribution in [0.25, 0.3) is 0 Å². The molecule has 1 fully saturated rings. The summed E-state index contributed by atoms with van der Waals surface area (Å²) in [5, 5.41) is 3.00. The van der Waals surface area contributed by atoms with Crippen molar-refractivity contribution in [1.29, 1.82) is 0 Å². The summed E-state index contributed by atoms with van der Waals surface area (Å²) in [6.07, 6.45) is 3.03. The van der Waals surface area contributed by atoms with Crippen LogP contribution in [0.4, 0.5) is 0 Å². The van der Waals surface area contributed by atoms with E-state index in [0.717, 1.165) is 12.8 Å². The number of nitrogens with zero attached hydrogens (tertiary/aromatic N) is 2. The first-order chi connectivity index (χ1) is 8.30. The predicted molar refractivity (Wildman–Crippen MR) is 73.9 cm³/mol. The monoisotopic (exact) mass is 276 g/mol. The Kier molecular flexibility index (Phi) is 5.40. The second-order valence-electron chi connectivity index (χ2n) is 5.17. The third-order valence-electron chi connectivity index (χ3n) is 2.89. The number of hydrogen-bond acceptors (Lipinski definition) is 3. The van der Waals surface area contributed by atoms with E-state index >= 15 is 0 Å². The topological polar surface area (TPSA) is 87.8 Å². The van der Waals surface area contributed by atoms with E-state index in [0.29, 0.717) is 31.5 Å². The van der Waals surface area contributed by atoms with Crippen molar-refractivity contribution in [3.8, 4) is 0 Å². The fourth-order valence-corrected chi connectivity index (χ4v) is 3.19. The van der Waals surface area contributed by atoms with Gasteiger partial charge in [-0.05, 0) is 18.8 Å². The maximum atomic E-state index is 11.5. The van der Waals surface area contributed by atoms with Crippen molar-refractivity contribution in [2.24, 2.45) is 16.6 Å². The van der Waals surface area contributed by atoms with Gasteiger partial charge in [-0.15, -0.1) is 0 Å². The molecule has 3 N–H and O–H groups in total. The van der Waals surface area contributed by atoms with Gasteiger partial charge in [-0.2, -0.15) is 4.31 Å². The first kappa shape index (κ1) is 15.2. The number of nitrogens with one attached hydrogen (secondary N) is 1. The Labute approximate surface area is 110 Å². The third-order valence-corrected chi connectivity index (χ3v) is 4.23. The zero-order valence-electron chi connectivity index (χ0n) is 11.4. The zero-order chi connectivity index (χ0) is 13.8. The van der Waals surface area contributed by atoms with Crippen LogP contribution in [0.3, 0.4) is 0 Å². The van der Waals surface area contributed by atoms with Crippen LogP contribution in [0.1, 0.15) is 26.7 Å². The molecule has 1 saturated heterocycles. The lowest BCUT2D eigenvalue weighted by atomic mass is 10.2. The van der Waals surface area contributed by atoms with Gasteiger partial charge < -0.3 is 11.1 Å². The Balaban J connectivity index is 2.46. The lowest BCUT2D eigenvalue weighted by Crippen LogP contribution is -2.44. The van der Waals surface area contributed by atoms with E-state index in [-0.39, 0.29) is 6.04 Å². The van der Waals surface area contributed by atoms with E-state index in [1.165, 1.54) is 10.6 Å². The van der Waals surface area contributed by atoms with Crippen molar-refractivity contribution >= 4 is 16.0 Å². The van der Waals surface area contributed by atoms with Crippen LogP contribution >= 0.6 is 0 Å². The Morgan fingerprint density at radius 2 is 2.22 bits per heavy atom. The van der Waals surface area contributed by atoms with Crippen molar-refractivity contribution < 1.29 is 8.42 Å². The molecule has 0 aliphatic carbocycles. The molecule has 0 aromatic rings. The van der Waals surface area contributed by atoms with E-state index in [1.807, 2.05) is 0 Å². The smallest absolute Gasteiger partial charge is 0.211 e. The minimum Gasteiger partial charge on any atom is -0.370 e. The van der Waals surface area contributed by atoms with Crippen molar-refractivity contribution in [2.45, 2.75) is 32.7 Å². The molecule has 18 heavy (non-hydrogen) atoms. The average Bonchev–Trinajstić information content (AvgIpc) is 2.71. The number of nitrogens with two attached hydrogens (primary N) is 1. The summed E-state index contributed by atoms with van der Waals surface area (Å²) in [5.74, 6) is 0.855. The van der Waals surface area contributed by atoms with Crippen molar-refractivity contribution in [3.05, 3.63) is 0 Å². The summed E-state index contributed by atoms with van der Waals surface area (Å²) >= 11 is 0. The van der Waals surface area contributed by atoms with Crippen molar-refractivity contribution in [1.82, 2.24) is 9.62 Å². The number of aliphatic imine (C=N–C) groups is 1. The average molecular weight is 276 g/mol. The molecule has 0 aromatic heterocycles. The minimum atomic E-state index is -3.11. The van der Waals surface area contributed by atoms with Gasteiger partial charge in [0, 0.05) is 25.7 Å². The number of sulfonamides is 1. The van der Waals surface area contributed by atoms with Gasteiger partial charge in [0.15, 0.2) is 5.96 Å². The molecule has 1 aliphatic rings. The van der Waals surface area contributed by atoms with E-state index in [4.69, 9.17) is 5.73 Å². The lowest BCUT2D eigenvalue weighted by Gasteiger charge is -2.22. The highest BCUT2D eigenvalue weighted by Crippen LogP contribution is 2.19. The maximum absolute atomic E-state index is 11.5. The number of guanidine groups is 1. The molecular weight excluding hydrogens is 252 g/mol. The third kappa shape index (κ3) is 4.81. The van der Waals surface area contributed by atoms with Gasteiger partial charge in [-0.3, -0.25) is 4.99 Å². The van der Waals surface area contributed by atoms with E-state index < -0.39 is 10.0 Å². The summed E-state index contributed by atoms with van der Waals surface area (Å²) in [7, 11) is -3.11. The minimum absolute atomic E-state index is 0.00667. The fourth-order valence-electron chi connectivity index (χ4n) is 2.01. The molecule has 0 bridgehead atoms. The van der Waals surface area contributed by atoms with E-state index in [9.17, 15) is 8.42 Å². The highest BCUT2D eigenvalue weighted by molar-refractivity contribution is 7.88. The lowest BCUT2D eigenvalue weighted by molar-refractivity contribution is 0.388. The van der Waals surface area contributed by atoms with Crippen LogP contribution in [0.5, 0.6) is 0 Å². The molecule has 7 heteroatoms. The highest BCUT2D eigenvalue weighted by Gasteiger charge is 2.31. The SMILES string of the molecule is CC(C)CN=C(N)NC[C@H]1CCCN1S(C)(=O)=O. The highest BCUT2D eigenvalue weighted by atomic mass is 32.2. The second kappa shape index (κ2) is 6.38. The maximum Gasteiger partial charge on any atom is 0.211 e. The molecule has 0 radical (unpaired) electrons. The summed E-state index contributed by atoms with van der Waals surface area (Å²) < 4.78 is 24.6.